The first-order valence-electron chi connectivity index (χ1n) is 9.12. The van der Waals surface area contributed by atoms with Gasteiger partial charge in [-0.3, -0.25) is 14.5 Å². The van der Waals surface area contributed by atoms with Crippen LogP contribution in [-0.4, -0.2) is 39.2 Å². The number of carbonyl (C=O) groups is 2. The fourth-order valence-corrected chi connectivity index (χ4v) is 4.30. The zero-order valence-electron chi connectivity index (χ0n) is 16.1. The van der Waals surface area contributed by atoms with Crippen LogP contribution in [0, 0.1) is 0 Å². The summed E-state index contributed by atoms with van der Waals surface area (Å²) < 4.78 is 29.7. The van der Waals surface area contributed by atoms with E-state index in [-0.39, 0.29) is 24.0 Å². The molecule has 164 valence electrons. The molecule has 31 heavy (non-hydrogen) atoms. The van der Waals surface area contributed by atoms with E-state index in [0.29, 0.717) is 28.1 Å². The Labute approximate surface area is 191 Å². The van der Waals surface area contributed by atoms with Gasteiger partial charge in [-0.05, 0) is 49.4 Å². The molecule has 1 aliphatic rings. The van der Waals surface area contributed by atoms with Crippen molar-refractivity contribution in [2.45, 2.75) is 24.2 Å². The van der Waals surface area contributed by atoms with Gasteiger partial charge in [-0.25, -0.2) is 4.99 Å². The lowest BCUT2D eigenvalue weighted by Crippen LogP contribution is -2.33. The van der Waals surface area contributed by atoms with Crippen LogP contribution in [0.2, 0.25) is 5.02 Å². The van der Waals surface area contributed by atoms with E-state index >= 15 is 0 Å². The Bertz CT molecular complexity index is 1000. The molecule has 1 N–H and O–H groups in total. The van der Waals surface area contributed by atoms with Crippen LogP contribution in [0.15, 0.2) is 53.5 Å². The number of anilines is 1. The van der Waals surface area contributed by atoms with Crippen molar-refractivity contribution in [2.24, 2.45) is 4.99 Å². The zero-order valence-corrected chi connectivity index (χ0v) is 18.5. The van der Waals surface area contributed by atoms with Gasteiger partial charge >= 0.3 is 5.57 Å². The molecule has 1 atom stereocenters. The van der Waals surface area contributed by atoms with Gasteiger partial charge in [0.1, 0.15) is 11.0 Å². The summed E-state index contributed by atoms with van der Waals surface area (Å²) in [5.41, 5.74) is -2.83. The summed E-state index contributed by atoms with van der Waals surface area (Å²) in [6.45, 7) is 2.17. The second-order valence-corrected chi connectivity index (χ2v) is 8.43. The summed E-state index contributed by atoms with van der Waals surface area (Å²) >= 11 is 11.8. The van der Waals surface area contributed by atoms with Crippen LogP contribution in [0.3, 0.4) is 0 Å². The number of alkyl halides is 3. The molecule has 1 fully saturated rings. The molecule has 0 saturated carbocycles. The van der Waals surface area contributed by atoms with Crippen molar-refractivity contribution in [1.29, 1.82) is 0 Å². The van der Waals surface area contributed by atoms with E-state index in [2.05, 4.69) is 15.0 Å². The number of carbonyl (C=O) groups excluding carboxylic acids is 2. The number of ether oxygens (including phenoxy) is 1. The molecule has 3 rings (SSSR count). The maximum Gasteiger partial charge on any atom is 0.487 e. The Balaban J connectivity index is 1.68. The van der Waals surface area contributed by atoms with Gasteiger partial charge in [0.15, 0.2) is 5.17 Å². The minimum absolute atomic E-state index is 0.0386. The van der Waals surface area contributed by atoms with Gasteiger partial charge in [0.05, 0.1) is 5.69 Å². The van der Waals surface area contributed by atoms with Crippen LogP contribution in [0.5, 0.6) is 5.75 Å². The topological polar surface area (TPSA) is 71.0 Å². The molecule has 0 aromatic heterocycles. The van der Waals surface area contributed by atoms with Crippen LogP contribution in [0.1, 0.15) is 13.3 Å². The Morgan fingerprint density at radius 1 is 1.29 bits per heavy atom. The number of hydrogen-bond acceptors (Lipinski definition) is 5. The van der Waals surface area contributed by atoms with Gasteiger partial charge in [0.25, 0.3) is 0 Å². The number of amidine groups is 1. The lowest BCUT2D eigenvalue weighted by molar-refractivity contribution is -0.128. The molecule has 6 nitrogen and oxygen atoms in total. The van der Waals surface area contributed by atoms with Crippen molar-refractivity contribution in [2.75, 3.05) is 11.9 Å². The molecule has 2 aromatic rings. The Morgan fingerprint density at radius 3 is 2.61 bits per heavy atom. The Morgan fingerprint density at radius 2 is 2.00 bits per heavy atom. The minimum atomic E-state index is -3.81. The summed E-state index contributed by atoms with van der Waals surface area (Å²) in [6.07, 6.45) is -0.0386. The van der Waals surface area contributed by atoms with E-state index in [1.54, 1.807) is 31.2 Å². The molecule has 1 unspecified atom stereocenters. The summed E-state index contributed by atoms with van der Waals surface area (Å²) in [4.78, 5) is 31.0. The molecule has 1 aliphatic heterocycles. The molecular formula is C20H17Cl2F2N3O3S. The molecule has 0 radical (unpaired) electrons. The first-order valence-corrected chi connectivity index (χ1v) is 10.8. The third-order valence-electron chi connectivity index (χ3n) is 4.11. The van der Waals surface area contributed by atoms with Crippen LogP contribution in [0.25, 0.3) is 0 Å². The van der Waals surface area contributed by atoms with Gasteiger partial charge in [-0.15, -0.1) is 8.78 Å². The second kappa shape index (κ2) is 9.84. The number of aliphatic imine (C=N–C) groups is 1. The molecule has 2 amide bonds. The van der Waals surface area contributed by atoms with Crippen molar-refractivity contribution in [3.05, 3.63) is 53.6 Å². The average Bonchev–Trinajstić information content (AvgIpc) is 2.96. The van der Waals surface area contributed by atoms with E-state index in [1.807, 2.05) is 0 Å². The number of nitrogens with one attached hydrogen (secondary N) is 1. The van der Waals surface area contributed by atoms with Crippen molar-refractivity contribution >= 4 is 63.3 Å². The fraction of sp³-hybridized carbons (Fsp3) is 0.250. The number of thioether (sulfide) groups is 1. The van der Waals surface area contributed by atoms with Gasteiger partial charge in [0.2, 0.25) is 11.8 Å². The molecule has 0 spiro atoms. The number of nitrogens with zero attached hydrogens (tertiary/aromatic N) is 2. The highest BCUT2D eigenvalue weighted by Gasteiger charge is 2.38. The highest BCUT2D eigenvalue weighted by Crippen LogP contribution is 2.33. The molecule has 1 heterocycles. The lowest BCUT2D eigenvalue weighted by Gasteiger charge is -2.13. The third-order valence-corrected chi connectivity index (χ3v) is 5.60. The smallest absolute Gasteiger partial charge is 0.420 e. The SMILES string of the molecule is CCN1C(=O)C(CC(=O)Nc2cccc(Cl)c2)SC1=Nc1ccc(OC(F)(F)Cl)cc1. The molecular weight excluding hydrogens is 471 g/mol. The molecule has 0 bridgehead atoms. The fourth-order valence-electron chi connectivity index (χ4n) is 2.80. The molecule has 11 heteroatoms. The Hall–Kier alpha value is -2.36. The van der Waals surface area contributed by atoms with E-state index in [0.717, 1.165) is 0 Å². The lowest BCUT2D eigenvalue weighted by atomic mass is 10.2. The second-order valence-electron chi connectivity index (χ2n) is 6.39. The van der Waals surface area contributed by atoms with E-state index in [1.165, 1.54) is 40.9 Å². The van der Waals surface area contributed by atoms with E-state index in [9.17, 15) is 18.4 Å². The normalized spacial score (nSPS) is 17.8. The van der Waals surface area contributed by atoms with Crippen molar-refractivity contribution in [1.82, 2.24) is 4.90 Å². The van der Waals surface area contributed by atoms with Crippen molar-refractivity contribution in [3.63, 3.8) is 0 Å². The van der Waals surface area contributed by atoms with Crippen LogP contribution in [0.4, 0.5) is 20.2 Å². The van der Waals surface area contributed by atoms with Crippen LogP contribution in [-0.2, 0) is 9.59 Å². The van der Waals surface area contributed by atoms with Gasteiger partial charge < -0.3 is 10.1 Å². The summed E-state index contributed by atoms with van der Waals surface area (Å²) in [5, 5.41) is 3.00. The Kier molecular flexibility index (Phi) is 7.40. The largest absolute Gasteiger partial charge is 0.487 e. The van der Waals surface area contributed by atoms with Gasteiger partial charge in [0, 0.05) is 35.3 Å². The summed E-state index contributed by atoms with van der Waals surface area (Å²) in [5.74, 6) is -0.676. The predicted molar refractivity (Wildman–Crippen MR) is 118 cm³/mol. The first kappa shape index (κ1) is 23.3. The van der Waals surface area contributed by atoms with E-state index in [4.69, 9.17) is 23.2 Å². The first-order chi connectivity index (χ1) is 14.6. The average molecular weight is 488 g/mol. The standard InChI is InChI=1S/C20H17Cl2F2N3O3S/c1-2-27-18(29)16(11-17(28)25-14-5-3-4-12(21)10-14)31-19(27)26-13-6-8-15(9-7-13)30-20(22,23)24/h3-10,16H,2,11H2,1H3,(H,25,28). The van der Waals surface area contributed by atoms with Gasteiger partial charge in [-0.2, -0.15) is 0 Å². The minimum Gasteiger partial charge on any atom is -0.420 e. The maximum atomic E-state index is 12.7. The number of halogens is 4. The monoisotopic (exact) mass is 487 g/mol. The summed E-state index contributed by atoms with van der Waals surface area (Å²) in [6, 6.07) is 12.2. The van der Waals surface area contributed by atoms with Crippen LogP contribution >= 0.6 is 35.0 Å². The number of amides is 2. The van der Waals surface area contributed by atoms with E-state index < -0.39 is 10.8 Å². The van der Waals surface area contributed by atoms with Crippen molar-refractivity contribution < 1.29 is 23.1 Å². The maximum absolute atomic E-state index is 12.7. The van der Waals surface area contributed by atoms with Crippen LogP contribution < -0.4 is 10.1 Å². The quantitative estimate of drug-likeness (QED) is 0.524. The number of hydrogen-bond donors (Lipinski definition) is 1. The highest BCUT2D eigenvalue weighted by atomic mass is 35.5. The summed E-state index contributed by atoms with van der Waals surface area (Å²) in [7, 11) is 0. The third kappa shape index (κ3) is 6.56. The molecule has 0 aliphatic carbocycles. The molecule has 2 aromatic carbocycles. The molecule has 1 saturated heterocycles. The highest BCUT2D eigenvalue weighted by molar-refractivity contribution is 8.15. The van der Waals surface area contributed by atoms with Crippen molar-refractivity contribution in [3.8, 4) is 5.75 Å². The number of rotatable bonds is 7. The van der Waals surface area contributed by atoms with Gasteiger partial charge in [-0.1, -0.05) is 29.4 Å². The zero-order chi connectivity index (χ0) is 22.6. The predicted octanol–water partition coefficient (Wildman–Crippen LogP) is 5.49. The number of benzene rings is 2.